The molecule has 0 saturated heterocycles. The fourth-order valence-corrected chi connectivity index (χ4v) is 4.08. The van der Waals surface area contributed by atoms with Crippen molar-refractivity contribution in [2.75, 3.05) is 25.0 Å². The van der Waals surface area contributed by atoms with E-state index in [-0.39, 0.29) is 12.1 Å². The molecule has 0 radical (unpaired) electrons. The van der Waals surface area contributed by atoms with E-state index in [0.29, 0.717) is 28.7 Å². The Hall–Kier alpha value is -3.92. The molecule has 0 saturated carbocycles. The second-order valence-electron chi connectivity index (χ2n) is 8.75. The van der Waals surface area contributed by atoms with Gasteiger partial charge in [-0.2, -0.15) is 18.3 Å². The minimum atomic E-state index is -5.02. The number of benzene rings is 3. The number of hydrogen-bond acceptors (Lipinski definition) is 4. The second kappa shape index (κ2) is 10.6. The summed E-state index contributed by atoms with van der Waals surface area (Å²) < 4.78 is 57.4. The fourth-order valence-electron chi connectivity index (χ4n) is 4.08. The Morgan fingerprint density at radius 1 is 1.03 bits per heavy atom. The maximum Gasteiger partial charge on any atom is 0.420 e. The zero-order chi connectivity index (χ0) is 26.6. The summed E-state index contributed by atoms with van der Waals surface area (Å²) in [5.74, 6) is -0.996. The van der Waals surface area contributed by atoms with Crippen LogP contribution >= 0.6 is 0 Å². The first kappa shape index (κ1) is 26.2. The van der Waals surface area contributed by atoms with Crippen molar-refractivity contribution in [2.45, 2.75) is 25.1 Å². The minimum Gasteiger partial charge on any atom is -0.381 e. The lowest BCUT2D eigenvalue weighted by Crippen LogP contribution is -2.58. The Bertz CT molecular complexity index is 1360. The number of anilines is 1. The van der Waals surface area contributed by atoms with E-state index in [9.17, 15) is 27.5 Å². The fraction of sp³-hybridized carbons (Fsp3) is 0.259. The summed E-state index contributed by atoms with van der Waals surface area (Å²) in [5, 5.41) is 18.4. The highest BCUT2D eigenvalue weighted by Crippen LogP contribution is 2.33. The van der Waals surface area contributed by atoms with Crippen LogP contribution in [0.3, 0.4) is 0 Å². The summed E-state index contributed by atoms with van der Waals surface area (Å²) in [7, 11) is 0. The molecule has 0 aliphatic carbocycles. The lowest BCUT2D eigenvalue weighted by Gasteiger charge is -2.36. The summed E-state index contributed by atoms with van der Waals surface area (Å²) >= 11 is 0. The molecule has 4 rings (SSSR count). The lowest BCUT2D eigenvalue weighted by atomic mass is 10.0. The monoisotopic (exact) mass is 514 g/mol. The summed E-state index contributed by atoms with van der Waals surface area (Å²) in [6.07, 6.45) is -3.12. The molecule has 4 aromatic rings. The molecule has 3 aromatic carbocycles. The molecule has 1 atom stereocenters. The van der Waals surface area contributed by atoms with Crippen LogP contribution in [0.4, 0.5) is 23.2 Å². The van der Waals surface area contributed by atoms with E-state index in [1.54, 1.807) is 43.3 Å². The number of hydrogen-bond donors (Lipinski definition) is 2. The molecule has 0 bridgehead atoms. The third-order valence-electron chi connectivity index (χ3n) is 6.04. The molecular weight excluding hydrogens is 488 g/mol. The maximum atomic E-state index is 14.2. The molecule has 1 heterocycles. The van der Waals surface area contributed by atoms with Crippen molar-refractivity contribution in [1.82, 2.24) is 14.7 Å². The summed E-state index contributed by atoms with van der Waals surface area (Å²) in [6.45, 7) is -0.0305. The lowest BCUT2D eigenvalue weighted by molar-refractivity contribution is -0.257. The van der Waals surface area contributed by atoms with Crippen molar-refractivity contribution in [1.29, 1.82) is 0 Å². The van der Waals surface area contributed by atoms with E-state index >= 15 is 0 Å². The molecule has 194 valence electrons. The molecule has 37 heavy (non-hydrogen) atoms. The third kappa shape index (κ3) is 5.59. The van der Waals surface area contributed by atoms with Gasteiger partial charge in [0.2, 0.25) is 0 Å². The van der Waals surface area contributed by atoms with Gasteiger partial charge in [0.25, 0.3) is 5.91 Å². The van der Waals surface area contributed by atoms with Gasteiger partial charge in [-0.15, -0.1) is 0 Å². The van der Waals surface area contributed by atoms with Crippen LogP contribution in [0, 0.1) is 5.82 Å². The molecule has 0 spiro atoms. The van der Waals surface area contributed by atoms with E-state index in [2.05, 4.69) is 10.4 Å². The SMILES string of the molecule is CCCN(CC(O)(CNc1cccc2c1cnn2-c1ccc(F)cc1)C(F)(F)F)C(=O)c1ccccc1. The number of halogens is 4. The molecule has 2 N–H and O–H groups in total. The number of nitrogens with zero attached hydrogens (tertiary/aromatic N) is 3. The van der Waals surface area contributed by atoms with Gasteiger partial charge < -0.3 is 15.3 Å². The van der Waals surface area contributed by atoms with Crippen molar-refractivity contribution in [3.05, 3.63) is 90.4 Å². The van der Waals surface area contributed by atoms with Gasteiger partial charge in [-0.1, -0.05) is 31.2 Å². The number of nitrogens with one attached hydrogen (secondary N) is 1. The first-order valence-electron chi connectivity index (χ1n) is 11.7. The van der Waals surface area contributed by atoms with Crippen LogP contribution in [0.5, 0.6) is 0 Å². The Balaban J connectivity index is 1.60. The molecular formula is C27H26F4N4O2. The van der Waals surface area contributed by atoms with Crippen LogP contribution in [0.1, 0.15) is 23.7 Å². The molecule has 10 heteroatoms. The van der Waals surface area contributed by atoms with E-state index in [1.165, 1.54) is 47.3 Å². The van der Waals surface area contributed by atoms with Crippen LogP contribution in [0.2, 0.25) is 0 Å². The van der Waals surface area contributed by atoms with Crippen LogP contribution in [0.25, 0.3) is 16.6 Å². The second-order valence-corrected chi connectivity index (χ2v) is 8.75. The van der Waals surface area contributed by atoms with Gasteiger partial charge in [0.1, 0.15) is 5.82 Å². The predicted octanol–water partition coefficient (Wildman–Crippen LogP) is 5.42. The summed E-state index contributed by atoms with van der Waals surface area (Å²) in [4.78, 5) is 14.0. The Kier molecular flexibility index (Phi) is 7.49. The molecule has 6 nitrogen and oxygen atoms in total. The zero-order valence-electron chi connectivity index (χ0n) is 20.0. The molecule has 1 unspecified atom stereocenters. The Morgan fingerprint density at radius 3 is 2.38 bits per heavy atom. The topological polar surface area (TPSA) is 70.4 Å². The highest BCUT2D eigenvalue weighted by atomic mass is 19.4. The number of fused-ring (bicyclic) bond motifs is 1. The van der Waals surface area contributed by atoms with Gasteiger partial charge in [0, 0.05) is 23.2 Å². The average Bonchev–Trinajstić information content (AvgIpc) is 3.32. The number of alkyl halides is 3. The number of carbonyl (C=O) groups excluding carboxylic acids is 1. The van der Waals surface area contributed by atoms with Gasteiger partial charge in [0.15, 0.2) is 5.60 Å². The quantitative estimate of drug-likeness (QED) is 0.293. The van der Waals surface area contributed by atoms with Crippen LogP contribution in [-0.2, 0) is 0 Å². The standard InChI is InChI=1S/C27H26F4N4O2/c1-2-15-34(25(36)19-7-4-3-5-8-19)18-26(37,27(29,30)31)17-32-23-9-6-10-24-22(23)16-33-35(24)21-13-11-20(28)12-14-21/h3-14,16,32,37H,2,15,17-18H2,1H3. The van der Waals surface area contributed by atoms with Crippen molar-refractivity contribution >= 4 is 22.5 Å². The van der Waals surface area contributed by atoms with E-state index < -0.39 is 36.6 Å². The number of aliphatic hydroxyl groups is 1. The highest BCUT2D eigenvalue weighted by Gasteiger charge is 2.55. The summed E-state index contributed by atoms with van der Waals surface area (Å²) in [6, 6.07) is 18.6. The van der Waals surface area contributed by atoms with Gasteiger partial charge in [-0.25, -0.2) is 9.07 Å². The molecule has 0 fully saturated rings. The van der Waals surface area contributed by atoms with E-state index in [4.69, 9.17) is 0 Å². The van der Waals surface area contributed by atoms with Crippen LogP contribution in [-0.4, -0.2) is 57.1 Å². The normalized spacial score (nSPS) is 13.4. The maximum absolute atomic E-state index is 14.2. The molecule has 0 aliphatic heterocycles. The van der Waals surface area contributed by atoms with Crippen molar-refractivity contribution < 1.29 is 27.5 Å². The van der Waals surface area contributed by atoms with E-state index in [0.717, 1.165) is 4.90 Å². The van der Waals surface area contributed by atoms with Crippen LogP contribution < -0.4 is 5.32 Å². The first-order chi connectivity index (χ1) is 17.6. The Morgan fingerprint density at radius 2 is 1.73 bits per heavy atom. The smallest absolute Gasteiger partial charge is 0.381 e. The van der Waals surface area contributed by atoms with Gasteiger partial charge in [-0.3, -0.25) is 4.79 Å². The minimum absolute atomic E-state index is 0.0478. The van der Waals surface area contributed by atoms with Crippen molar-refractivity contribution in [3.63, 3.8) is 0 Å². The number of amides is 1. The van der Waals surface area contributed by atoms with Crippen LogP contribution in [0.15, 0.2) is 79.0 Å². The number of carbonyl (C=O) groups is 1. The predicted molar refractivity (Wildman–Crippen MR) is 133 cm³/mol. The summed E-state index contributed by atoms with van der Waals surface area (Å²) in [5.41, 5.74) is -1.49. The van der Waals surface area contributed by atoms with Crippen molar-refractivity contribution in [3.8, 4) is 5.69 Å². The van der Waals surface area contributed by atoms with Gasteiger partial charge >= 0.3 is 6.18 Å². The van der Waals surface area contributed by atoms with Crippen molar-refractivity contribution in [2.24, 2.45) is 0 Å². The largest absolute Gasteiger partial charge is 0.420 e. The number of rotatable bonds is 9. The van der Waals surface area contributed by atoms with Gasteiger partial charge in [0.05, 0.1) is 30.5 Å². The van der Waals surface area contributed by atoms with E-state index in [1.807, 2.05) is 0 Å². The molecule has 0 aliphatic rings. The zero-order valence-corrected chi connectivity index (χ0v) is 20.0. The average molecular weight is 515 g/mol. The highest BCUT2D eigenvalue weighted by molar-refractivity contribution is 5.94. The first-order valence-corrected chi connectivity index (χ1v) is 11.7. The van der Waals surface area contributed by atoms with Gasteiger partial charge in [-0.05, 0) is 55.0 Å². The molecule has 1 amide bonds. The third-order valence-corrected chi connectivity index (χ3v) is 6.04. The molecule has 1 aromatic heterocycles. The number of aromatic nitrogens is 2. The Labute approximate surface area is 211 Å².